The molecule has 0 aromatic heterocycles. The molecule has 0 amide bonds. The smallest absolute Gasteiger partial charge is 0.550 e. The number of hydrogen-bond acceptors (Lipinski definition) is 8. The fraction of sp³-hybridized carbons (Fsp3) is 0.500. The number of hydrogen-bond donors (Lipinski definition) is 2. The maximum Gasteiger partial charge on any atom is 2.00 e. The molecule has 1 radical (unpaired) electrons. The molecule has 2 atom stereocenters. The molecule has 0 heterocycles. The summed E-state index contributed by atoms with van der Waals surface area (Å²) in [5.41, 5.74) is 0. The Bertz CT molecular complexity index is 318. The van der Waals surface area contributed by atoms with Gasteiger partial charge in [0.15, 0.2) is 0 Å². The maximum absolute atomic E-state index is 10.5. The van der Waals surface area contributed by atoms with Gasteiger partial charge in [0.25, 0.3) is 0 Å². The van der Waals surface area contributed by atoms with E-state index in [2.05, 4.69) is 0 Å². The zero-order chi connectivity index (χ0) is 13.6. The number of rotatable bonds is 8. The third-order valence-electron chi connectivity index (χ3n) is 1.72. The van der Waals surface area contributed by atoms with E-state index in [1.807, 2.05) is 0 Å². The van der Waals surface area contributed by atoms with Gasteiger partial charge in [-0.05, 0) is 0 Å². The van der Waals surface area contributed by atoms with E-state index in [1.165, 1.54) is 0 Å². The minimum atomic E-state index is -1.88. The number of nitrogens with one attached hydrogen (secondary N) is 1. The number of aliphatic carboxylic acids is 4. The van der Waals surface area contributed by atoms with E-state index in [0.717, 1.165) is 0 Å². The van der Waals surface area contributed by atoms with Crippen LogP contribution in [0.2, 0.25) is 0 Å². The summed E-state index contributed by atoms with van der Waals surface area (Å²) < 4.78 is 0. The Labute approximate surface area is 140 Å². The van der Waals surface area contributed by atoms with Crippen molar-refractivity contribution in [3.63, 3.8) is 0 Å². The molecule has 2 N–H and O–H groups in total. The quantitative estimate of drug-likeness (QED) is 0.409. The van der Waals surface area contributed by atoms with Crippen molar-refractivity contribution >= 4 is 23.9 Å². The molecule has 0 aliphatic rings. The third-order valence-corrected chi connectivity index (χ3v) is 1.72. The Morgan fingerprint density at radius 1 is 0.947 bits per heavy atom. The van der Waals surface area contributed by atoms with E-state index in [4.69, 9.17) is 5.11 Å². The molecule has 9 nitrogen and oxygen atoms in total. The molecule has 105 valence electrons. The van der Waals surface area contributed by atoms with Gasteiger partial charge in [-0.3, -0.25) is 4.79 Å². The molecule has 0 spiro atoms. The normalized spacial score (nSPS) is 12.2. The zero-order valence-corrected chi connectivity index (χ0v) is 12.6. The molecule has 0 saturated carbocycles. The molecule has 0 bridgehead atoms. The molecule has 19 heavy (non-hydrogen) atoms. The average molecular weight is 333 g/mol. The van der Waals surface area contributed by atoms with Crippen LogP contribution in [0.15, 0.2) is 0 Å². The minimum absolute atomic E-state index is 0. The number of carbonyl (C=O) groups is 4. The van der Waals surface area contributed by atoms with Crippen molar-refractivity contribution in [3.8, 4) is 0 Å². The van der Waals surface area contributed by atoms with Gasteiger partial charge in [0.2, 0.25) is 0 Å². The topological polar surface area (TPSA) is 170 Å². The third kappa shape index (κ3) is 10.9. The minimum Gasteiger partial charge on any atom is -0.550 e. The van der Waals surface area contributed by atoms with Crippen molar-refractivity contribution in [2.75, 3.05) is 0 Å². The summed E-state index contributed by atoms with van der Waals surface area (Å²) >= 11 is 0. The first kappa shape index (κ1) is 23.5. The average Bonchev–Trinajstić information content (AvgIpc) is 2.13. The molecule has 2 unspecified atom stereocenters. The summed E-state index contributed by atoms with van der Waals surface area (Å²) in [5, 5.41) is 41.2. The standard InChI is InChI=1S/C8H11NO8.Cu.Na/c10-5(11)1-3(7(14)15)9-4(8(16)17)2-6(12)13;;/h3-4,9H,1-2H2,(H,10,11)(H,12,13)(H,14,15)(H,16,17);;/q;+2;+1/p-3. The molecule has 0 saturated heterocycles. The summed E-state index contributed by atoms with van der Waals surface area (Å²) in [7, 11) is 0. The van der Waals surface area contributed by atoms with Gasteiger partial charge in [0.1, 0.15) is 0 Å². The van der Waals surface area contributed by atoms with Crippen molar-refractivity contribution in [3.05, 3.63) is 0 Å². The molecule has 0 aromatic carbocycles. The van der Waals surface area contributed by atoms with Crippen LogP contribution in [-0.4, -0.2) is 41.1 Å². The number of carbonyl (C=O) groups excluding carboxylic acids is 3. The monoisotopic (exact) mass is 332 g/mol. The molecular formula is C8H8CuNNaO8. The van der Waals surface area contributed by atoms with Crippen molar-refractivity contribution in [2.45, 2.75) is 24.9 Å². The molecular weight excluding hydrogens is 325 g/mol. The van der Waals surface area contributed by atoms with Gasteiger partial charge in [-0.25, -0.2) is 0 Å². The fourth-order valence-electron chi connectivity index (χ4n) is 1.00. The Kier molecular flexibility index (Phi) is 13.8. The number of carboxylic acid groups (broad SMARTS) is 4. The van der Waals surface area contributed by atoms with Crippen molar-refractivity contribution in [2.24, 2.45) is 0 Å². The van der Waals surface area contributed by atoms with E-state index in [9.17, 15) is 34.5 Å². The van der Waals surface area contributed by atoms with Crippen LogP contribution in [-0.2, 0) is 36.2 Å². The number of carboxylic acids is 4. The Morgan fingerprint density at radius 2 is 1.32 bits per heavy atom. The molecule has 0 aliphatic carbocycles. The Balaban J connectivity index is -0.00000128. The van der Waals surface area contributed by atoms with Crippen LogP contribution in [0.4, 0.5) is 0 Å². The second-order valence-corrected chi connectivity index (χ2v) is 3.08. The predicted molar refractivity (Wildman–Crippen MR) is 42.6 cm³/mol. The van der Waals surface area contributed by atoms with E-state index >= 15 is 0 Å². The Morgan fingerprint density at radius 3 is 1.58 bits per heavy atom. The summed E-state index contributed by atoms with van der Waals surface area (Å²) in [6.07, 6.45) is -2.01. The van der Waals surface area contributed by atoms with Crippen molar-refractivity contribution < 1.29 is 86.2 Å². The van der Waals surface area contributed by atoms with E-state index < -0.39 is 48.8 Å². The predicted octanol–water partition coefficient (Wildman–Crippen LogP) is -8.57. The molecule has 0 rings (SSSR count). The molecule has 0 aromatic rings. The summed E-state index contributed by atoms with van der Waals surface area (Å²) in [4.78, 5) is 41.3. The van der Waals surface area contributed by atoms with Gasteiger partial charge in [0.05, 0.1) is 30.4 Å². The molecule has 0 aliphatic heterocycles. The van der Waals surface area contributed by atoms with Crippen LogP contribution < -0.4 is 50.2 Å². The van der Waals surface area contributed by atoms with Crippen LogP contribution in [0.1, 0.15) is 12.8 Å². The van der Waals surface area contributed by atoms with Gasteiger partial charge in [-0.2, -0.15) is 0 Å². The van der Waals surface area contributed by atoms with Gasteiger partial charge >= 0.3 is 52.6 Å². The maximum atomic E-state index is 10.5. The van der Waals surface area contributed by atoms with Crippen LogP contribution in [0.25, 0.3) is 0 Å². The first-order chi connectivity index (χ1) is 7.73. The van der Waals surface area contributed by atoms with Gasteiger partial charge in [0, 0.05) is 12.4 Å². The van der Waals surface area contributed by atoms with Crippen LogP contribution in [0.5, 0.6) is 0 Å². The van der Waals surface area contributed by atoms with Gasteiger partial charge in [-0.1, -0.05) is 0 Å². The summed E-state index contributed by atoms with van der Waals surface area (Å²) in [6.45, 7) is 0. The largest absolute Gasteiger partial charge is 2.00 e. The first-order valence-electron chi connectivity index (χ1n) is 4.33. The van der Waals surface area contributed by atoms with Crippen LogP contribution in [0.3, 0.4) is 0 Å². The van der Waals surface area contributed by atoms with E-state index in [-0.39, 0.29) is 46.6 Å². The zero-order valence-electron chi connectivity index (χ0n) is 9.68. The molecule has 11 heteroatoms. The SMILES string of the molecule is O=C([O-])CC(NC(CC(=O)O)C(=O)[O-])C(=O)[O-].[Cu+2].[Na+]. The van der Waals surface area contributed by atoms with Gasteiger partial charge < -0.3 is 40.1 Å². The van der Waals surface area contributed by atoms with Crippen molar-refractivity contribution in [1.82, 2.24) is 5.32 Å². The summed E-state index contributed by atoms with van der Waals surface area (Å²) in [6, 6.07) is -3.71. The van der Waals surface area contributed by atoms with Crippen LogP contribution >= 0.6 is 0 Å². The summed E-state index contributed by atoms with van der Waals surface area (Å²) in [5.74, 6) is -7.01. The van der Waals surface area contributed by atoms with Crippen LogP contribution in [0, 0.1) is 0 Å². The van der Waals surface area contributed by atoms with E-state index in [0.29, 0.717) is 0 Å². The van der Waals surface area contributed by atoms with E-state index in [1.54, 1.807) is 5.32 Å². The second kappa shape index (κ2) is 11.2. The first-order valence-corrected chi connectivity index (χ1v) is 4.33. The molecule has 0 fully saturated rings. The van der Waals surface area contributed by atoms with Crippen molar-refractivity contribution in [1.29, 1.82) is 0 Å². The van der Waals surface area contributed by atoms with Gasteiger partial charge in [-0.15, -0.1) is 0 Å². The second-order valence-electron chi connectivity index (χ2n) is 3.08. The fourth-order valence-corrected chi connectivity index (χ4v) is 1.00. The Hall–Kier alpha value is -0.641.